The molecule has 6 heteroatoms. The number of hydrogen-bond acceptors (Lipinski definition) is 6. The fraction of sp³-hybridized carbons (Fsp3) is 0.300. The highest BCUT2D eigenvalue weighted by molar-refractivity contribution is 6.11. The Labute approximate surface area is 150 Å². The zero-order chi connectivity index (χ0) is 18.5. The van der Waals surface area contributed by atoms with Crippen LogP contribution in [0.25, 0.3) is 21.5 Å². The van der Waals surface area contributed by atoms with Gasteiger partial charge >= 0.3 is 0 Å². The summed E-state index contributed by atoms with van der Waals surface area (Å²) in [4.78, 5) is 0. The van der Waals surface area contributed by atoms with E-state index in [9.17, 15) is 10.2 Å². The van der Waals surface area contributed by atoms with Crippen LogP contribution in [0.3, 0.4) is 0 Å². The molecule has 2 atom stereocenters. The molecule has 0 bridgehead atoms. The Morgan fingerprint density at radius 3 is 1.19 bits per heavy atom. The van der Waals surface area contributed by atoms with Gasteiger partial charge in [0.15, 0.2) is 0 Å². The van der Waals surface area contributed by atoms with Crippen LogP contribution >= 0.6 is 0 Å². The molecule has 0 aliphatic rings. The summed E-state index contributed by atoms with van der Waals surface area (Å²) in [5.41, 5.74) is 0. The molecule has 0 aliphatic heterocycles. The lowest BCUT2D eigenvalue weighted by Crippen LogP contribution is -2.22. The van der Waals surface area contributed by atoms with Crippen LogP contribution in [0.1, 0.15) is 0 Å². The molecule has 0 saturated carbocycles. The molecule has 138 valence electrons. The quantitative estimate of drug-likeness (QED) is 0.455. The van der Waals surface area contributed by atoms with Crippen LogP contribution < -0.4 is 9.47 Å². The van der Waals surface area contributed by atoms with Crippen LogP contribution in [0.4, 0.5) is 0 Å². The second-order valence-corrected chi connectivity index (χ2v) is 6.04. The molecule has 6 nitrogen and oxygen atoms in total. The molecule has 0 amide bonds. The van der Waals surface area contributed by atoms with E-state index in [2.05, 4.69) is 0 Å². The van der Waals surface area contributed by atoms with Crippen LogP contribution in [0, 0.1) is 0 Å². The number of fused-ring (bicyclic) bond motifs is 2. The van der Waals surface area contributed by atoms with E-state index in [4.69, 9.17) is 19.7 Å². The van der Waals surface area contributed by atoms with E-state index in [1.165, 1.54) is 0 Å². The first-order chi connectivity index (χ1) is 12.7. The summed E-state index contributed by atoms with van der Waals surface area (Å²) in [6.45, 7) is -0.825. The van der Waals surface area contributed by atoms with Crippen LogP contribution in [0.15, 0.2) is 48.5 Å². The summed E-state index contributed by atoms with van der Waals surface area (Å²) in [6, 6.07) is 15.0. The molecule has 0 aliphatic carbocycles. The summed E-state index contributed by atoms with van der Waals surface area (Å²) in [6.07, 6.45) is -1.94. The van der Waals surface area contributed by atoms with Crippen molar-refractivity contribution in [3.05, 3.63) is 48.5 Å². The van der Waals surface area contributed by atoms with Gasteiger partial charge in [-0.1, -0.05) is 48.5 Å². The van der Waals surface area contributed by atoms with Gasteiger partial charge in [-0.25, -0.2) is 0 Å². The molecule has 0 saturated heterocycles. The first-order valence-electron chi connectivity index (χ1n) is 8.42. The largest absolute Gasteiger partial charge is 0.489 e. The topological polar surface area (TPSA) is 99.4 Å². The lowest BCUT2D eigenvalue weighted by atomic mass is 10.0. The predicted molar refractivity (Wildman–Crippen MR) is 98.6 cm³/mol. The number of hydrogen-bond donors (Lipinski definition) is 4. The van der Waals surface area contributed by atoms with Crippen molar-refractivity contribution in [3.8, 4) is 11.5 Å². The highest BCUT2D eigenvalue weighted by Gasteiger charge is 2.17. The average Bonchev–Trinajstić information content (AvgIpc) is 2.69. The summed E-state index contributed by atoms with van der Waals surface area (Å²) < 4.78 is 11.7. The van der Waals surface area contributed by atoms with E-state index >= 15 is 0 Å². The van der Waals surface area contributed by atoms with Crippen molar-refractivity contribution in [2.75, 3.05) is 26.4 Å². The van der Waals surface area contributed by atoms with Gasteiger partial charge in [0.05, 0.1) is 13.2 Å². The molecule has 0 heterocycles. The Kier molecular flexibility index (Phi) is 5.90. The molecule has 2 unspecified atom stereocenters. The van der Waals surface area contributed by atoms with Gasteiger partial charge in [-0.2, -0.15) is 0 Å². The van der Waals surface area contributed by atoms with E-state index < -0.39 is 12.2 Å². The third-order valence-corrected chi connectivity index (χ3v) is 4.09. The lowest BCUT2D eigenvalue weighted by molar-refractivity contribution is 0.0539. The molecule has 3 aromatic carbocycles. The predicted octanol–water partition coefficient (Wildman–Crippen LogP) is 1.46. The van der Waals surface area contributed by atoms with Crippen molar-refractivity contribution < 1.29 is 29.9 Å². The van der Waals surface area contributed by atoms with E-state index in [0.717, 1.165) is 21.5 Å². The molecule has 26 heavy (non-hydrogen) atoms. The Balaban J connectivity index is 2.15. The molecule has 0 aromatic heterocycles. The van der Waals surface area contributed by atoms with Crippen molar-refractivity contribution in [1.82, 2.24) is 0 Å². The van der Waals surface area contributed by atoms with Gasteiger partial charge in [0.1, 0.15) is 36.9 Å². The molecule has 0 spiro atoms. The molecule has 3 rings (SSSR count). The van der Waals surface area contributed by atoms with Crippen molar-refractivity contribution in [2.45, 2.75) is 12.2 Å². The van der Waals surface area contributed by atoms with Gasteiger partial charge < -0.3 is 29.9 Å². The van der Waals surface area contributed by atoms with Gasteiger partial charge in [0.2, 0.25) is 0 Å². The van der Waals surface area contributed by atoms with E-state index in [1.807, 2.05) is 48.5 Å². The number of rotatable bonds is 8. The second-order valence-electron chi connectivity index (χ2n) is 6.04. The molecule has 0 fully saturated rings. The van der Waals surface area contributed by atoms with Crippen molar-refractivity contribution in [2.24, 2.45) is 0 Å². The van der Waals surface area contributed by atoms with Gasteiger partial charge in [0, 0.05) is 21.5 Å². The maximum atomic E-state index is 9.64. The number of aliphatic hydroxyl groups excluding tert-OH is 4. The third-order valence-electron chi connectivity index (χ3n) is 4.09. The number of benzene rings is 3. The highest BCUT2D eigenvalue weighted by Crippen LogP contribution is 2.42. The zero-order valence-corrected chi connectivity index (χ0v) is 14.2. The zero-order valence-electron chi connectivity index (χ0n) is 14.2. The summed E-state index contributed by atoms with van der Waals surface area (Å²) in [5.74, 6) is 1.19. The van der Waals surface area contributed by atoms with Crippen LogP contribution in [0.2, 0.25) is 0 Å². The summed E-state index contributed by atoms with van der Waals surface area (Å²) >= 11 is 0. The smallest absolute Gasteiger partial charge is 0.135 e. The maximum Gasteiger partial charge on any atom is 0.135 e. The molecule has 3 aromatic rings. The molecular weight excluding hydrogens is 336 g/mol. The summed E-state index contributed by atoms with van der Waals surface area (Å²) in [7, 11) is 0. The average molecular weight is 358 g/mol. The summed E-state index contributed by atoms with van der Waals surface area (Å²) in [5, 5.41) is 40.5. The Bertz CT molecular complexity index is 750. The van der Waals surface area contributed by atoms with Gasteiger partial charge in [-0.3, -0.25) is 0 Å². The van der Waals surface area contributed by atoms with Crippen molar-refractivity contribution in [3.63, 3.8) is 0 Å². The van der Waals surface area contributed by atoms with Crippen LogP contribution in [-0.4, -0.2) is 59.1 Å². The lowest BCUT2D eigenvalue weighted by Gasteiger charge is -2.19. The van der Waals surface area contributed by atoms with Gasteiger partial charge in [-0.15, -0.1) is 0 Å². The van der Waals surface area contributed by atoms with Gasteiger partial charge in [-0.05, 0) is 0 Å². The van der Waals surface area contributed by atoms with Crippen molar-refractivity contribution >= 4 is 21.5 Å². The maximum absolute atomic E-state index is 9.64. The second kappa shape index (κ2) is 8.33. The molecule has 0 radical (unpaired) electrons. The minimum Gasteiger partial charge on any atom is -0.489 e. The monoisotopic (exact) mass is 358 g/mol. The van der Waals surface area contributed by atoms with E-state index in [1.54, 1.807) is 0 Å². The highest BCUT2D eigenvalue weighted by atomic mass is 16.5. The van der Waals surface area contributed by atoms with Crippen molar-refractivity contribution in [1.29, 1.82) is 0 Å². The fourth-order valence-electron chi connectivity index (χ4n) is 2.82. The first kappa shape index (κ1) is 18.4. The Hall–Kier alpha value is -2.38. The third kappa shape index (κ3) is 3.73. The van der Waals surface area contributed by atoms with Gasteiger partial charge in [0.25, 0.3) is 0 Å². The SMILES string of the molecule is OCC(O)COc1c2ccccc2c(OCC(O)CO)c2ccccc12. The van der Waals surface area contributed by atoms with Crippen LogP contribution in [-0.2, 0) is 0 Å². The van der Waals surface area contributed by atoms with Crippen LogP contribution in [0.5, 0.6) is 11.5 Å². The standard InChI is InChI=1S/C20H22O6/c21-9-13(23)11-25-19-15-5-1-2-6-16(15)20(26-12-14(24)10-22)18-8-4-3-7-17(18)19/h1-8,13-14,21-24H,9-12H2. The van der Waals surface area contributed by atoms with E-state index in [-0.39, 0.29) is 26.4 Å². The van der Waals surface area contributed by atoms with E-state index in [0.29, 0.717) is 11.5 Å². The normalized spacial score (nSPS) is 13.7. The molecule has 4 N–H and O–H groups in total. The number of aliphatic hydroxyl groups is 4. The Morgan fingerprint density at radius 1 is 0.615 bits per heavy atom. The minimum atomic E-state index is -0.969. The Morgan fingerprint density at radius 2 is 0.923 bits per heavy atom. The molecular formula is C20H22O6. The first-order valence-corrected chi connectivity index (χ1v) is 8.42. The fourth-order valence-corrected chi connectivity index (χ4v) is 2.82. The minimum absolute atomic E-state index is 0.0338. The number of ether oxygens (including phenoxy) is 2.